The van der Waals surface area contributed by atoms with Gasteiger partial charge in [0.05, 0.1) is 6.61 Å². The van der Waals surface area contributed by atoms with Crippen LogP contribution < -0.4 is 0 Å². The molecule has 0 aromatic heterocycles. The summed E-state index contributed by atoms with van der Waals surface area (Å²) in [7, 11) is 0. The zero-order chi connectivity index (χ0) is 10.8. The van der Waals surface area contributed by atoms with Gasteiger partial charge in [0.25, 0.3) is 0 Å². The largest absolute Gasteiger partial charge is 0.380 e. The predicted molar refractivity (Wildman–Crippen MR) is 58.5 cm³/mol. The van der Waals surface area contributed by atoms with Crippen molar-refractivity contribution in [1.82, 2.24) is 4.90 Å². The van der Waals surface area contributed by atoms with Gasteiger partial charge in [0, 0.05) is 19.6 Å². The van der Waals surface area contributed by atoms with Gasteiger partial charge in [-0.3, -0.25) is 0 Å². The van der Waals surface area contributed by atoms with Gasteiger partial charge in [0.1, 0.15) is 5.78 Å². The highest BCUT2D eigenvalue weighted by Crippen LogP contribution is 1.96. The lowest BCUT2D eigenvalue weighted by molar-refractivity contribution is -0.117. The molecule has 0 rings (SSSR count). The second-order valence-electron chi connectivity index (χ2n) is 3.44. The number of nitrogens with zero attached hydrogens (tertiary/aromatic N) is 1. The Morgan fingerprint density at radius 3 is 2.50 bits per heavy atom. The van der Waals surface area contributed by atoms with Gasteiger partial charge >= 0.3 is 0 Å². The Morgan fingerprint density at radius 2 is 2.00 bits per heavy atom. The maximum atomic E-state index is 10.7. The second kappa shape index (κ2) is 9.16. The van der Waals surface area contributed by atoms with Gasteiger partial charge < -0.3 is 14.4 Å². The summed E-state index contributed by atoms with van der Waals surface area (Å²) in [5.74, 6) is 0.283. The third-order valence-electron chi connectivity index (χ3n) is 2.21. The monoisotopic (exact) mass is 201 g/mol. The zero-order valence-electron chi connectivity index (χ0n) is 9.71. The molecule has 0 aliphatic heterocycles. The number of rotatable bonds is 9. The maximum Gasteiger partial charge on any atom is 0.129 e. The van der Waals surface area contributed by atoms with Crippen molar-refractivity contribution in [3.05, 3.63) is 0 Å². The SMILES string of the molecule is CCOCCN(CC)CCCC(C)=O. The van der Waals surface area contributed by atoms with Crippen molar-refractivity contribution in [1.29, 1.82) is 0 Å². The van der Waals surface area contributed by atoms with Crippen LogP contribution in [0.5, 0.6) is 0 Å². The number of hydrogen-bond donors (Lipinski definition) is 0. The molecule has 14 heavy (non-hydrogen) atoms. The Bertz CT molecular complexity index is 148. The highest BCUT2D eigenvalue weighted by atomic mass is 16.5. The van der Waals surface area contributed by atoms with Gasteiger partial charge in [-0.05, 0) is 33.4 Å². The summed E-state index contributed by atoms with van der Waals surface area (Å²) < 4.78 is 5.28. The zero-order valence-corrected chi connectivity index (χ0v) is 9.71. The summed E-state index contributed by atoms with van der Waals surface area (Å²) in [5.41, 5.74) is 0. The molecule has 0 radical (unpaired) electrons. The number of Topliss-reactive ketones (excluding diaryl/α,β-unsaturated/α-hetero) is 1. The van der Waals surface area contributed by atoms with Crippen LogP contribution in [0.2, 0.25) is 0 Å². The third-order valence-corrected chi connectivity index (χ3v) is 2.21. The van der Waals surface area contributed by atoms with E-state index in [0.717, 1.165) is 39.3 Å². The smallest absolute Gasteiger partial charge is 0.129 e. The fourth-order valence-corrected chi connectivity index (χ4v) is 1.32. The van der Waals surface area contributed by atoms with Gasteiger partial charge in [-0.25, -0.2) is 0 Å². The molecule has 0 aromatic carbocycles. The standard InChI is InChI=1S/C11H23NO2/c1-4-12(9-10-14-5-2)8-6-7-11(3)13/h4-10H2,1-3H3. The molecule has 0 saturated heterocycles. The Labute approximate surface area is 87.4 Å². The molecule has 3 nitrogen and oxygen atoms in total. The molecule has 0 aliphatic carbocycles. The van der Waals surface area contributed by atoms with Crippen LogP contribution in [-0.4, -0.2) is 43.5 Å². The van der Waals surface area contributed by atoms with Gasteiger partial charge in [-0.1, -0.05) is 6.92 Å². The second-order valence-corrected chi connectivity index (χ2v) is 3.44. The van der Waals surface area contributed by atoms with Gasteiger partial charge in [0.15, 0.2) is 0 Å². The molecule has 0 spiro atoms. The first-order chi connectivity index (χ1) is 6.70. The molecule has 0 N–H and O–H groups in total. The van der Waals surface area contributed by atoms with Crippen LogP contribution in [-0.2, 0) is 9.53 Å². The van der Waals surface area contributed by atoms with E-state index in [2.05, 4.69) is 11.8 Å². The molecule has 84 valence electrons. The third kappa shape index (κ3) is 8.20. The number of hydrogen-bond acceptors (Lipinski definition) is 3. The number of carbonyl (C=O) groups excluding carboxylic acids is 1. The van der Waals surface area contributed by atoms with Crippen LogP contribution in [0.1, 0.15) is 33.6 Å². The van der Waals surface area contributed by atoms with Crippen LogP contribution in [0.25, 0.3) is 0 Å². The summed E-state index contributed by atoms with van der Waals surface area (Å²) in [6, 6.07) is 0. The first-order valence-corrected chi connectivity index (χ1v) is 5.50. The van der Waals surface area contributed by atoms with Crippen molar-refractivity contribution in [3.63, 3.8) is 0 Å². The normalized spacial score (nSPS) is 10.9. The number of likely N-dealkylation sites (N-methyl/N-ethyl adjacent to an activating group) is 1. The molecule has 0 amide bonds. The molecule has 0 atom stereocenters. The average molecular weight is 201 g/mol. The quantitative estimate of drug-likeness (QED) is 0.532. The van der Waals surface area contributed by atoms with E-state index in [-0.39, 0.29) is 5.78 Å². The fraction of sp³-hybridized carbons (Fsp3) is 0.909. The van der Waals surface area contributed by atoms with E-state index in [1.807, 2.05) is 6.92 Å². The number of carbonyl (C=O) groups is 1. The lowest BCUT2D eigenvalue weighted by Gasteiger charge is -2.19. The first kappa shape index (κ1) is 13.6. The minimum atomic E-state index is 0.283. The van der Waals surface area contributed by atoms with Crippen LogP contribution in [0, 0.1) is 0 Å². The minimum absolute atomic E-state index is 0.283. The van der Waals surface area contributed by atoms with Crippen LogP contribution in [0.4, 0.5) is 0 Å². The summed E-state index contributed by atoms with van der Waals surface area (Å²) >= 11 is 0. The Kier molecular flexibility index (Phi) is 8.89. The van der Waals surface area contributed by atoms with Gasteiger partial charge in [-0.15, -0.1) is 0 Å². The fourth-order valence-electron chi connectivity index (χ4n) is 1.32. The van der Waals surface area contributed by atoms with Crippen molar-refractivity contribution < 1.29 is 9.53 Å². The topological polar surface area (TPSA) is 29.5 Å². The predicted octanol–water partition coefficient (Wildman–Crippen LogP) is 1.71. The Morgan fingerprint density at radius 1 is 1.29 bits per heavy atom. The molecular weight excluding hydrogens is 178 g/mol. The van der Waals surface area contributed by atoms with E-state index in [0.29, 0.717) is 6.42 Å². The summed E-state index contributed by atoms with van der Waals surface area (Å²) in [6.07, 6.45) is 1.67. The number of ether oxygens (including phenoxy) is 1. The molecule has 0 bridgehead atoms. The molecule has 0 unspecified atom stereocenters. The lowest BCUT2D eigenvalue weighted by atomic mass is 10.2. The van der Waals surface area contributed by atoms with E-state index < -0.39 is 0 Å². The minimum Gasteiger partial charge on any atom is -0.380 e. The van der Waals surface area contributed by atoms with Crippen molar-refractivity contribution in [2.24, 2.45) is 0 Å². The van der Waals surface area contributed by atoms with Crippen LogP contribution in [0.15, 0.2) is 0 Å². The van der Waals surface area contributed by atoms with E-state index in [9.17, 15) is 4.79 Å². The highest BCUT2D eigenvalue weighted by molar-refractivity contribution is 5.75. The van der Waals surface area contributed by atoms with E-state index in [1.165, 1.54) is 0 Å². The number of ketones is 1. The van der Waals surface area contributed by atoms with Crippen LogP contribution >= 0.6 is 0 Å². The molecule has 0 aromatic rings. The lowest BCUT2D eigenvalue weighted by Crippen LogP contribution is -2.28. The average Bonchev–Trinajstić information content (AvgIpc) is 2.15. The van der Waals surface area contributed by atoms with Crippen molar-refractivity contribution in [2.45, 2.75) is 33.6 Å². The van der Waals surface area contributed by atoms with E-state index >= 15 is 0 Å². The maximum absolute atomic E-state index is 10.7. The molecule has 0 fully saturated rings. The van der Waals surface area contributed by atoms with E-state index in [1.54, 1.807) is 6.92 Å². The molecule has 0 saturated carbocycles. The Balaban J connectivity index is 3.42. The van der Waals surface area contributed by atoms with E-state index in [4.69, 9.17) is 4.74 Å². The van der Waals surface area contributed by atoms with Gasteiger partial charge in [0.2, 0.25) is 0 Å². The van der Waals surface area contributed by atoms with Crippen molar-refractivity contribution in [3.8, 4) is 0 Å². The molecule has 0 aliphatic rings. The molecule has 0 heterocycles. The molecule has 3 heteroatoms. The first-order valence-electron chi connectivity index (χ1n) is 5.50. The highest BCUT2D eigenvalue weighted by Gasteiger charge is 2.02. The summed E-state index contributed by atoms with van der Waals surface area (Å²) in [4.78, 5) is 13.0. The van der Waals surface area contributed by atoms with Crippen molar-refractivity contribution in [2.75, 3.05) is 32.8 Å². The van der Waals surface area contributed by atoms with Crippen molar-refractivity contribution >= 4 is 5.78 Å². The Hall–Kier alpha value is -0.410. The summed E-state index contributed by atoms with van der Waals surface area (Å²) in [6.45, 7) is 10.4. The van der Waals surface area contributed by atoms with Crippen LogP contribution in [0.3, 0.4) is 0 Å². The summed E-state index contributed by atoms with van der Waals surface area (Å²) in [5, 5.41) is 0. The molecular formula is C11H23NO2. The van der Waals surface area contributed by atoms with Gasteiger partial charge in [-0.2, -0.15) is 0 Å².